The molecule has 2 aromatic carbocycles. The highest BCUT2D eigenvalue weighted by Gasteiger charge is 2.14. The molecule has 0 aliphatic carbocycles. The lowest BCUT2D eigenvalue weighted by Gasteiger charge is -2.02. The maximum absolute atomic E-state index is 3.60. The van der Waals surface area contributed by atoms with Gasteiger partial charge in [-0.1, -0.05) is 24.3 Å². The molecule has 100 valence electrons. The molecular weight excluding hydrogens is 380 g/mol. The van der Waals surface area contributed by atoms with Gasteiger partial charge in [-0.15, -0.1) is 0 Å². The average Bonchev–Trinajstić information content (AvgIpc) is 2.89. The van der Waals surface area contributed by atoms with Crippen LogP contribution in [-0.4, -0.2) is 9.97 Å². The van der Waals surface area contributed by atoms with Crippen LogP contribution in [0.1, 0.15) is 11.1 Å². The molecule has 0 amide bonds. The highest BCUT2D eigenvalue weighted by molar-refractivity contribution is 9.10. The van der Waals surface area contributed by atoms with E-state index in [0.717, 1.165) is 9.21 Å². The fourth-order valence-electron chi connectivity index (χ4n) is 2.95. The third kappa shape index (κ3) is 1.49. The maximum Gasteiger partial charge on any atom is 0.0860 e. The molecule has 0 bridgehead atoms. The Morgan fingerprint density at radius 1 is 0.750 bits per heavy atom. The summed E-state index contributed by atoms with van der Waals surface area (Å²) >= 11 is 7.21. The van der Waals surface area contributed by atoms with Crippen molar-refractivity contribution in [3.8, 4) is 0 Å². The van der Waals surface area contributed by atoms with Gasteiger partial charge in [0.1, 0.15) is 0 Å². The molecular formula is C16H12Br2N2. The molecule has 0 spiro atoms. The van der Waals surface area contributed by atoms with Crippen LogP contribution in [0.5, 0.6) is 0 Å². The van der Waals surface area contributed by atoms with E-state index in [1.807, 2.05) is 0 Å². The molecule has 0 unspecified atom stereocenters. The molecule has 4 heteroatoms. The van der Waals surface area contributed by atoms with Crippen LogP contribution >= 0.6 is 31.9 Å². The number of aromatic amines is 2. The van der Waals surface area contributed by atoms with Gasteiger partial charge in [0.2, 0.25) is 0 Å². The summed E-state index contributed by atoms with van der Waals surface area (Å²) in [6, 6.07) is 8.75. The number of H-pyrrole nitrogens is 2. The molecule has 0 saturated carbocycles. The number of aryl methyl sites for hydroxylation is 2. The highest BCUT2D eigenvalue weighted by atomic mass is 79.9. The molecule has 0 aliphatic rings. The van der Waals surface area contributed by atoms with Gasteiger partial charge in [0.25, 0.3) is 0 Å². The fourth-order valence-corrected chi connectivity index (χ4v) is 3.77. The Bertz CT molecular complexity index is 915. The summed E-state index contributed by atoms with van der Waals surface area (Å²) in [7, 11) is 0. The van der Waals surface area contributed by atoms with Gasteiger partial charge >= 0.3 is 0 Å². The number of hydrogen-bond acceptors (Lipinski definition) is 0. The molecule has 0 fully saturated rings. The van der Waals surface area contributed by atoms with Gasteiger partial charge < -0.3 is 9.97 Å². The first-order chi connectivity index (χ1) is 9.58. The van der Waals surface area contributed by atoms with Gasteiger partial charge in [-0.2, -0.15) is 0 Å². The third-order valence-corrected chi connectivity index (χ3v) is 5.71. The zero-order valence-electron chi connectivity index (χ0n) is 11.1. The van der Waals surface area contributed by atoms with E-state index < -0.39 is 0 Å². The fraction of sp³-hybridized carbons (Fsp3) is 0.125. The normalized spacial score (nSPS) is 12.0. The van der Waals surface area contributed by atoms with E-state index >= 15 is 0 Å². The van der Waals surface area contributed by atoms with Crippen molar-refractivity contribution in [2.75, 3.05) is 0 Å². The van der Waals surface area contributed by atoms with Gasteiger partial charge in [-0.3, -0.25) is 0 Å². The van der Waals surface area contributed by atoms with Crippen LogP contribution in [0.4, 0.5) is 0 Å². The van der Waals surface area contributed by atoms with Crippen molar-refractivity contribution >= 4 is 64.4 Å². The Morgan fingerprint density at radius 2 is 1.20 bits per heavy atom. The minimum absolute atomic E-state index is 1.05. The van der Waals surface area contributed by atoms with Crippen molar-refractivity contribution in [2.45, 2.75) is 13.8 Å². The van der Waals surface area contributed by atoms with Gasteiger partial charge in [-0.25, -0.2) is 0 Å². The van der Waals surface area contributed by atoms with Gasteiger partial charge in [0.05, 0.1) is 20.2 Å². The van der Waals surface area contributed by atoms with Crippen molar-refractivity contribution in [3.05, 3.63) is 44.6 Å². The number of rotatable bonds is 0. The first-order valence-electron chi connectivity index (χ1n) is 6.45. The van der Waals surface area contributed by atoms with Crippen molar-refractivity contribution < 1.29 is 0 Å². The average molecular weight is 392 g/mol. The van der Waals surface area contributed by atoms with Crippen LogP contribution in [0.2, 0.25) is 0 Å². The summed E-state index contributed by atoms with van der Waals surface area (Å²) in [5, 5.41) is 5.02. The highest BCUT2D eigenvalue weighted by Crippen LogP contribution is 2.37. The Hall–Kier alpha value is -1.26. The second-order valence-electron chi connectivity index (χ2n) is 5.20. The minimum atomic E-state index is 1.05. The van der Waals surface area contributed by atoms with Crippen LogP contribution in [0.25, 0.3) is 32.6 Å². The number of hydrogen-bond donors (Lipinski definition) is 2. The topological polar surface area (TPSA) is 31.6 Å². The Morgan fingerprint density at radius 3 is 1.65 bits per heavy atom. The minimum Gasteiger partial charge on any atom is -0.348 e. The molecule has 4 rings (SSSR count). The van der Waals surface area contributed by atoms with E-state index in [2.05, 4.69) is 79.9 Å². The predicted octanol–water partition coefficient (Wildman–Crippen LogP) is 5.94. The summed E-state index contributed by atoms with van der Waals surface area (Å²) < 4.78 is 2.11. The van der Waals surface area contributed by atoms with Crippen LogP contribution in [0.3, 0.4) is 0 Å². The largest absolute Gasteiger partial charge is 0.348 e. The summed E-state index contributed by atoms with van der Waals surface area (Å²) in [5.41, 5.74) is 4.87. The smallest absolute Gasteiger partial charge is 0.0860 e. The number of aromatic nitrogens is 2. The molecule has 0 atom stereocenters. The van der Waals surface area contributed by atoms with Crippen LogP contribution in [0, 0.1) is 13.8 Å². The molecule has 4 aromatic rings. The summed E-state index contributed by atoms with van der Waals surface area (Å²) in [6.45, 7) is 4.26. The quantitative estimate of drug-likeness (QED) is 0.371. The first-order valence-corrected chi connectivity index (χ1v) is 8.04. The van der Waals surface area contributed by atoms with Gasteiger partial charge in [0, 0.05) is 16.2 Å². The van der Waals surface area contributed by atoms with Crippen LogP contribution in [-0.2, 0) is 0 Å². The lowest BCUT2D eigenvalue weighted by atomic mass is 10.0. The van der Waals surface area contributed by atoms with Gasteiger partial charge in [0.15, 0.2) is 0 Å². The number of nitrogens with one attached hydrogen (secondary N) is 2. The van der Waals surface area contributed by atoms with Crippen LogP contribution in [0.15, 0.2) is 33.5 Å². The van der Waals surface area contributed by atoms with Gasteiger partial charge in [-0.05, 0) is 62.2 Å². The maximum atomic E-state index is 3.60. The van der Waals surface area contributed by atoms with E-state index in [0.29, 0.717) is 0 Å². The first kappa shape index (κ1) is 12.5. The molecule has 0 aliphatic heterocycles. The zero-order chi connectivity index (χ0) is 14.0. The zero-order valence-corrected chi connectivity index (χ0v) is 14.2. The summed E-state index contributed by atoms with van der Waals surface area (Å²) in [6.07, 6.45) is 0. The lowest BCUT2D eigenvalue weighted by Crippen LogP contribution is -1.79. The number of fused-ring (bicyclic) bond motifs is 5. The van der Waals surface area contributed by atoms with Crippen LogP contribution < -0.4 is 0 Å². The lowest BCUT2D eigenvalue weighted by molar-refractivity contribution is 1.36. The molecule has 2 N–H and O–H groups in total. The van der Waals surface area contributed by atoms with E-state index in [1.165, 1.54) is 43.7 Å². The standard InChI is InChI=1S/C16H12Br2N2/c1-7-10-5-3-9-4-6-11-8(2)16(18)20-14(11)12(9)13(10)19-15(7)17/h3-6,19-20H,1-2H3. The Kier molecular flexibility index (Phi) is 2.57. The number of benzene rings is 2. The van der Waals surface area contributed by atoms with Crippen molar-refractivity contribution in [1.29, 1.82) is 0 Å². The Labute approximate surface area is 132 Å². The van der Waals surface area contributed by atoms with Crippen molar-refractivity contribution in [3.63, 3.8) is 0 Å². The molecule has 2 aromatic heterocycles. The van der Waals surface area contributed by atoms with E-state index in [9.17, 15) is 0 Å². The summed E-state index contributed by atoms with van der Waals surface area (Å²) in [5.74, 6) is 0. The van der Waals surface area contributed by atoms with E-state index in [4.69, 9.17) is 0 Å². The second kappa shape index (κ2) is 4.12. The van der Waals surface area contributed by atoms with Crippen molar-refractivity contribution in [2.24, 2.45) is 0 Å². The molecule has 2 heterocycles. The second-order valence-corrected chi connectivity index (χ2v) is 6.79. The molecule has 20 heavy (non-hydrogen) atoms. The molecule has 2 nitrogen and oxygen atoms in total. The SMILES string of the molecule is Cc1c(Br)[nH]c2c1ccc1ccc3c(C)c(Br)[nH]c3c12. The van der Waals surface area contributed by atoms with Crippen molar-refractivity contribution in [1.82, 2.24) is 9.97 Å². The third-order valence-electron chi connectivity index (χ3n) is 4.12. The predicted molar refractivity (Wildman–Crippen MR) is 92.5 cm³/mol. The van der Waals surface area contributed by atoms with E-state index in [1.54, 1.807) is 0 Å². The molecule has 0 radical (unpaired) electrons. The Balaban J connectivity index is 2.35. The molecule has 0 saturated heterocycles. The van der Waals surface area contributed by atoms with E-state index in [-0.39, 0.29) is 0 Å². The number of halogens is 2. The summed E-state index contributed by atoms with van der Waals surface area (Å²) in [4.78, 5) is 6.94. The monoisotopic (exact) mass is 390 g/mol.